The fourth-order valence-corrected chi connectivity index (χ4v) is 2.06. The van der Waals surface area contributed by atoms with Gasteiger partial charge in [-0.15, -0.1) is 0 Å². The lowest BCUT2D eigenvalue weighted by Gasteiger charge is -2.31. The molecule has 3 nitrogen and oxygen atoms in total. The molecule has 19 heavy (non-hydrogen) atoms. The zero-order valence-corrected chi connectivity index (χ0v) is 11.8. The van der Waals surface area contributed by atoms with Crippen LogP contribution in [0.15, 0.2) is 0 Å². The lowest BCUT2D eigenvalue weighted by Crippen LogP contribution is -2.46. The highest BCUT2D eigenvalue weighted by Gasteiger charge is 2.40. The Morgan fingerprint density at radius 2 is 1.89 bits per heavy atom. The molecule has 1 aliphatic carbocycles. The van der Waals surface area contributed by atoms with E-state index >= 15 is 0 Å². The van der Waals surface area contributed by atoms with E-state index in [0.29, 0.717) is 6.42 Å². The summed E-state index contributed by atoms with van der Waals surface area (Å²) in [4.78, 5) is 13.0. The van der Waals surface area contributed by atoms with Crippen LogP contribution in [0.4, 0.5) is 13.2 Å². The summed E-state index contributed by atoms with van der Waals surface area (Å²) in [6.07, 6.45) is -2.08. The van der Waals surface area contributed by atoms with Gasteiger partial charge in [0.25, 0.3) is 0 Å². The van der Waals surface area contributed by atoms with Crippen molar-refractivity contribution in [2.24, 2.45) is 11.7 Å². The second-order valence-electron chi connectivity index (χ2n) is 6.20. The molecule has 1 aliphatic rings. The average molecular weight is 280 g/mol. The number of carbonyl (C=O) groups is 1. The number of nitrogens with two attached hydrogens (primary N) is 1. The normalized spacial score (nSPS) is 18.3. The third-order valence-electron chi connectivity index (χ3n) is 3.45. The Morgan fingerprint density at radius 1 is 1.37 bits per heavy atom. The molecular weight excluding hydrogens is 257 g/mol. The summed E-state index contributed by atoms with van der Waals surface area (Å²) >= 11 is 0. The Labute approximate surface area is 112 Å². The van der Waals surface area contributed by atoms with Gasteiger partial charge in [-0.25, -0.2) is 0 Å². The van der Waals surface area contributed by atoms with Crippen molar-refractivity contribution in [1.29, 1.82) is 0 Å². The molecule has 0 aliphatic heterocycles. The number of hydrogen-bond donors (Lipinski definition) is 1. The highest BCUT2D eigenvalue weighted by atomic mass is 19.4. The molecule has 0 aromatic rings. The van der Waals surface area contributed by atoms with Crippen molar-refractivity contribution in [1.82, 2.24) is 4.90 Å². The molecule has 1 fully saturated rings. The molecule has 112 valence electrons. The van der Waals surface area contributed by atoms with Gasteiger partial charge in [-0.3, -0.25) is 4.79 Å². The molecule has 0 saturated heterocycles. The van der Waals surface area contributed by atoms with E-state index in [-0.39, 0.29) is 18.4 Å². The maximum atomic E-state index is 12.6. The van der Waals surface area contributed by atoms with Crippen LogP contribution in [0, 0.1) is 5.92 Å². The molecule has 1 rings (SSSR count). The predicted molar refractivity (Wildman–Crippen MR) is 67.5 cm³/mol. The van der Waals surface area contributed by atoms with Gasteiger partial charge in [0.1, 0.15) is 6.54 Å². The van der Waals surface area contributed by atoms with Crippen LogP contribution in [0.5, 0.6) is 0 Å². The van der Waals surface area contributed by atoms with Gasteiger partial charge in [0.05, 0.1) is 0 Å². The summed E-state index contributed by atoms with van der Waals surface area (Å²) in [5.74, 6) is -0.229. The molecule has 6 heteroatoms. The SMILES string of the molecule is CC(C1CC1)N(CC(F)(F)F)C(=O)CCC(C)(C)N. The number of hydrogen-bond acceptors (Lipinski definition) is 2. The van der Waals surface area contributed by atoms with Crippen LogP contribution in [-0.2, 0) is 4.79 Å². The fourth-order valence-electron chi connectivity index (χ4n) is 2.06. The molecule has 1 saturated carbocycles. The van der Waals surface area contributed by atoms with E-state index in [4.69, 9.17) is 5.73 Å². The Hall–Kier alpha value is -0.780. The molecule has 0 radical (unpaired) electrons. The van der Waals surface area contributed by atoms with Gasteiger partial charge in [0, 0.05) is 18.0 Å². The van der Waals surface area contributed by atoms with Crippen molar-refractivity contribution < 1.29 is 18.0 Å². The molecule has 1 unspecified atom stereocenters. The zero-order chi connectivity index (χ0) is 14.8. The molecule has 0 spiro atoms. The topological polar surface area (TPSA) is 46.3 Å². The van der Waals surface area contributed by atoms with Crippen LogP contribution in [0.3, 0.4) is 0 Å². The minimum absolute atomic E-state index is 0.0661. The second kappa shape index (κ2) is 5.69. The number of rotatable bonds is 6. The smallest absolute Gasteiger partial charge is 0.331 e. The molecule has 0 aromatic heterocycles. The first-order valence-corrected chi connectivity index (χ1v) is 6.65. The Kier molecular flexibility index (Phi) is 4.87. The predicted octanol–water partition coefficient (Wildman–Crippen LogP) is 2.69. The summed E-state index contributed by atoms with van der Waals surface area (Å²) < 4.78 is 37.7. The van der Waals surface area contributed by atoms with E-state index in [1.165, 1.54) is 0 Å². The number of alkyl halides is 3. The van der Waals surface area contributed by atoms with Gasteiger partial charge in [-0.1, -0.05) is 0 Å². The lowest BCUT2D eigenvalue weighted by molar-refractivity contribution is -0.166. The summed E-state index contributed by atoms with van der Waals surface area (Å²) in [6, 6.07) is -0.338. The molecule has 0 heterocycles. The Balaban J connectivity index is 2.64. The van der Waals surface area contributed by atoms with Crippen LogP contribution in [0.2, 0.25) is 0 Å². The van der Waals surface area contributed by atoms with Crippen molar-refractivity contribution in [3.8, 4) is 0 Å². The molecule has 2 N–H and O–H groups in total. The first-order chi connectivity index (χ1) is 8.49. The zero-order valence-electron chi connectivity index (χ0n) is 11.8. The van der Waals surface area contributed by atoms with Crippen molar-refractivity contribution >= 4 is 5.91 Å². The van der Waals surface area contributed by atoms with Gasteiger partial charge >= 0.3 is 6.18 Å². The Morgan fingerprint density at radius 3 is 2.26 bits per heavy atom. The highest BCUT2D eigenvalue weighted by Crippen LogP contribution is 2.36. The number of nitrogens with zero attached hydrogens (tertiary/aromatic N) is 1. The van der Waals surface area contributed by atoms with E-state index < -0.39 is 24.2 Å². The van der Waals surface area contributed by atoms with Crippen LogP contribution in [-0.4, -0.2) is 35.1 Å². The van der Waals surface area contributed by atoms with Gasteiger partial charge in [0.2, 0.25) is 5.91 Å². The molecule has 1 atom stereocenters. The van der Waals surface area contributed by atoms with Gasteiger partial charge in [-0.2, -0.15) is 13.2 Å². The molecule has 1 amide bonds. The maximum absolute atomic E-state index is 12.6. The number of amides is 1. The monoisotopic (exact) mass is 280 g/mol. The summed E-state index contributed by atoms with van der Waals surface area (Å²) in [6.45, 7) is 4.07. The Bertz CT molecular complexity index is 319. The fraction of sp³-hybridized carbons (Fsp3) is 0.923. The summed E-state index contributed by atoms with van der Waals surface area (Å²) in [7, 11) is 0. The minimum atomic E-state index is -4.35. The van der Waals surface area contributed by atoms with Crippen LogP contribution in [0.25, 0.3) is 0 Å². The lowest BCUT2D eigenvalue weighted by atomic mass is 9.99. The van der Waals surface area contributed by atoms with Crippen LogP contribution >= 0.6 is 0 Å². The van der Waals surface area contributed by atoms with Gasteiger partial charge < -0.3 is 10.6 Å². The van der Waals surface area contributed by atoms with E-state index in [2.05, 4.69) is 0 Å². The van der Waals surface area contributed by atoms with Crippen molar-refractivity contribution in [3.63, 3.8) is 0 Å². The summed E-state index contributed by atoms with van der Waals surface area (Å²) in [5.41, 5.74) is 5.23. The van der Waals surface area contributed by atoms with Gasteiger partial charge in [0.15, 0.2) is 0 Å². The highest BCUT2D eigenvalue weighted by molar-refractivity contribution is 5.76. The van der Waals surface area contributed by atoms with Crippen molar-refractivity contribution in [2.45, 2.75) is 64.2 Å². The number of carbonyl (C=O) groups excluding carboxylic acids is 1. The number of halogens is 3. The standard InChI is InChI=1S/C13H23F3N2O/c1-9(10-4-5-10)18(8-13(14,15)16)11(19)6-7-12(2,3)17/h9-10H,4-8,17H2,1-3H3. The largest absolute Gasteiger partial charge is 0.406 e. The van der Waals surface area contributed by atoms with E-state index in [0.717, 1.165) is 17.7 Å². The molecule has 0 aromatic carbocycles. The molecule has 0 bridgehead atoms. The van der Waals surface area contributed by atoms with Crippen molar-refractivity contribution in [3.05, 3.63) is 0 Å². The van der Waals surface area contributed by atoms with E-state index in [1.54, 1.807) is 20.8 Å². The third kappa shape index (κ3) is 6.27. The molecular formula is C13H23F3N2O. The maximum Gasteiger partial charge on any atom is 0.406 e. The average Bonchev–Trinajstić information content (AvgIpc) is 3.02. The van der Waals surface area contributed by atoms with Gasteiger partial charge in [-0.05, 0) is 46.0 Å². The third-order valence-corrected chi connectivity index (χ3v) is 3.45. The van der Waals surface area contributed by atoms with Crippen molar-refractivity contribution in [2.75, 3.05) is 6.54 Å². The minimum Gasteiger partial charge on any atom is -0.331 e. The first kappa shape index (κ1) is 16.3. The van der Waals surface area contributed by atoms with E-state index in [9.17, 15) is 18.0 Å². The second-order valence-corrected chi connectivity index (χ2v) is 6.20. The van der Waals surface area contributed by atoms with Crippen LogP contribution in [0.1, 0.15) is 46.5 Å². The first-order valence-electron chi connectivity index (χ1n) is 6.65. The summed E-state index contributed by atoms with van der Waals surface area (Å²) in [5, 5.41) is 0. The van der Waals surface area contributed by atoms with Crippen LogP contribution < -0.4 is 5.73 Å². The quantitative estimate of drug-likeness (QED) is 0.813. The van der Waals surface area contributed by atoms with E-state index in [1.807, 2.05) is 0 Å².